The molecule has 52 heavy (non-hydrogen) atoms. The van der Waals surface area contributed by atoms with Gasteiger partial charge in [-0.05, 0) is 128 Å². The fourth-order valence-corrected chi connectivity index (χ4v) is 6.37. The quantitative estimate of drug-likeness (QED) is 0.0384. The first-order valence-electron chi connectivity index (χ1n) is 21.2. The van der Waals surface area contributed by atoms with Crippen LogP contribution in [0.2, 0.25) is 0 Å². The Morgan fingerprint density at radius 1 is 0.692 bits per heavy atom. The van der Waals surface area contributed by atoms with Crippen LogP contribution in [0.15, 0.2) is 90.8 Å². The summed E-state index contributed by atoms with van der Waals surface area (Å²) < 4.78 is 0. The van der Waals surface area contributed by atoms with Crippen molar-refractivity contribution in [3.05, 3.63) is 85.8 Å². The van der Waals surface area contributed by atoms with Crippen molar-refractivity contribution < 1.29 is 0 Å². The van der Waals surface area contributed by atoms with E-state index in [1.54, 1.807) is 0 Å². The average Bonchev–Trinajstić information content (AvgIpc) is 3.12. The van der Waals surface area contributed by atoms with Crippen LogP contribution in [0.4, 0.5) is 0 Å². The summed E-state index contributed by atoms with van der Waals surface area (Å²) in [4.78, 5) is 10.2. The molecule has 0 aliphatic carbocycles. The third kappa shape index (κ3) is 32.1. The third-order valence-corrected chi connectivity index (χ3v) is 9.15. The molecule has 0 aliphatic heterocycles. The fourth-order valence-electron chi connectivity index (χ4n) is 6.37. The Labute approximate surface area is 324 Å². The Morgan fingerprint density at radius 3 is 2.00 bits per heavy atom. The average molecular weight is 720 g/mol. The summed E-state index contributed by atoms with van der Waals surface area (Å²) in [6, 6.07) is 0.623. The minimum Gasteiger partial charge on any atom is -0.393 e. The van der Waals surface area contributed by atoms with Crippen LogP contribution in [0.5, 0.6) is 0 Å². The summed E-state index contributed by atoms with van der Waals surface area (Å²) in [7, 11) is 2.00. The van der Waals surface area contributed by atoms with Crippen molar-refractivity contribution in [3.8, 4) is 0 Å². The number of allylic oxidation sites excluding steroid dienone is 10. The van der Waals surface area contributed by atoms with Crippen molar-refractivity contribution in [3.63, 3.8) is 0 Å². The number of aliphatic imine (C=N–C) groups is 1. The normalized spacial score (nSPS) is 14.7. The van der Waals surface area contributed by atoms with E-state index in [4.69, 9.17) is 4.99 Å². The van der Waals surface area contributed by atoms with E-state index in [0.29, 0.717) is 18.0 Å². The maximum atomic E-state index is 4.87. The van der Waals surface area contributed by atoms with Crippen molar-refractivity contribution in [2.75, 3.05) is 46.3 Å². The first kappa shape index (κ1) is 49.4. The molecule has 0 saturated carbocycles. The molecule has 0 bridgehead atoms. The summed E-state index contributed by atoms with van der Waals surface area (Å²) in [6.45, 7) is 28.7. The molecule has 0 aromatic carbocycles. The van der Waals surface area contributed by atoms with E-state index in [-0.39, 0.29) is 0 Å². The molecule has 3 atom stereocenters. The maximum absolute atomic E-state index is 4.87. The van der Waals surface area contributed by atoms with Crippen molar-refractivity contribution in [2.45, 2.75) is 150 Å². The molecular weight excluding hydrogens is 635 g/mol. The van der Waals surface area contributed by atoms with Gasteiger partial charge < -0.3 is 20.4 Å². The minimum atomic E-state index is 0.303. The highest BCUT2D eigenvalue weighted by Crippen LogP contribution is 2.14. The largest absolute Gasteiger partial charge is 0.393 e. The number of unbranched alkanes of at least 4 members (excludes halogenated alkanes) is 3. The summed E-state index contributed by atoms with van der Waals surface area (Å²) in [5, 5.41) is 7.08. The van der Waals surface area contributed by atoms with Crippen LogP contribution in [0.1, 0.15) is 138 Å². The second-order valence-electron chi connectivity index (χ2n) is 15.1. The van der Waals surface area contributed by atoms with Gasteiger partial charge in [0.1, 0.15) is 0 Å². The van der Waals surface area contributed by atoms with Crippen molar-refractivity contribution in [1.82, 2.24) is 20.4 Å². The molecule has 0 aromatic rings. The molecule has 0 fully saturated rings. The molecule has 0 rings (SSSR count). The summed E-state index contributed by atoms with van der Waals surface area (Å²) >= 11 is 0. The summed E-state index contributed by atoms with van der Waals surface area (Å²) in [5.41, 5.74) is 1.30. The Kier molecular flexibility index (Phi) is 34.9. The molecule has 3 unspecified atom stereocenters. The molecule has 0 spiro atoms. The van der Waals surface area contributed by atoms with Crippen LogP contribution in [0.25, 0.3) is 0 Å². The van der Waals surface area contributed by atoms with Crippen molar-refractivity contribution in [2.24, 2.45) is 16.8 Å². The van der Waals surface area contributed by atoms with Gasteiger partial charge in [-0.25, -0.2) is 0 Å². The van der Waals surface area contributed by atoms with Gasteiger partial charge >= 0.3 is 0 Å². The second kappa shape index (κ2) is 36.7. The molecule has 0 heterocycles. The van der Waals surface area contributed by atoms with E-state index >= 15 is 0 Å². The van der Waals surface area contributed by atoms with Crippen molar-refractivity contribution >= 4 is 6.21 Å². The first-order valence-corrected chi connectivity index (χ1v) is 21.2. The van der Waals surface area contributed by atoms with Crippen LogP contribution < -0.4 is 10.6 Å². The van der Waals surface area contributed by atoms with Gasteiger partial charge in [0.2, 0.25) is 0 Å². The van der Waals surface area contributed by atoms with Gasteiger partial charge in [0.25, 0.3) is 0 Å². The van der Waals surface area contributed by atoms with Gasteiger partial charge in [0.15, 0.2) is 0 Å². The number of hydrogen-bond donors (Lipinski definition) is 2. The van der Waals surface area contributed by atoms with E-state index in [9.17, 15) is 0 Å². The van der Waals surface area contributed by atoms with Crippen molar-refractivity contribution in [1.29, 1.82) is 0 Å². The molecule has 2 N–H and O–H groups in total. The van der Waals surface area contributed by atoms with Gasteiger partial charge in [-0.1, -0.05) is 102 Å². The van der Waals surface area contributed by atoms with Gasteiger partial charge in [-0.3, -0.25) is 4.99 Å². The Morgan fingerprint density at radius 2 is 1.35 bits per heavy atom. The summed E-state index contributed by atoms with van der Waals surface area (Å²) in [5.74, 6) is 1.41. The molecule has 0 aliphatic rings. The fraction of sp³-hybridized carbons (Fsp3) is 0.681. The summed E-state index contributed by atoms with van der Waals surface area (Å²) in [6.07, 6.45) is 43.3. The Hall–Kier alpha value is -2.63. The number of rotatable bonds is 36. The number of hydrogen-bond acceptors (Lipinski definition) is 5. The first-order chi connectivity index (χ1) is 25.3. The Balaban J connectivity index is 4.91. The highest BCUT2D eigenvalue weighted by Gasteiger charge is 2.12. The SMILES string of the molecule is C=CC/C=C\CC=NC(C)CN(CCCCC/C(=C\NC)NC(C=C)CCCCN(CCC)CC(C)C)CCC(C)C/C=C\C/C=C\C/C=C\CC. The van der Waals surface area contributed by atoms with Gasteiger partial charge in [0.05, 0.1) is 6.04 Å². The zero-order chi connectivity index (χ0) is 38.5. The molecule has 0 amide bonds. The highest BCUT2D eigenvalue weighted by atomic mass is 15.1. The van der Waals surface area contributed by atoms with Crippen LogP contribution in [-0.2, 0) is 0 Å². The number of nitrogens with zero attached hydrogens (tertiary/aromatic N) is 3. The Bertz CT molecular complexity index is 1000. The predicted molar refractivity (Wildman–Crippen MR) is 236 cm³/mol. The van der Waals surface area contributed by atoms with Crippen LogP contribution in [-0.4, -0.2) is 74.4 Å². The lowest BCUT2D eigenvalue weighted by Crippen LogP contribution is -2.33. The molecule has 0 aromatic heterocycles. The van der Waals surface area contributed by atoms with E-state index in [1.807, 2.05) is 13.1 Å². The monoisotopic (exact) mass is 720 g/mol. The molecular formula is C47H85N5. The predicted octanol–water partition coefficient (Wildman–Crippen LogP) is 11.8. The van der Waals surface area contributed by atoms with Crippen LogP contribution in [0, 0.1) is 11.8 Å². The maximum Gasteiger partial charge on any atom is 0.0594 e. The zero-order valence-corrected chi connectivity index (χ0v) is 35.3. The highest BCUT2D eigenvalue weighted by molar-refractivity contribution is 5.59. The lowest BCUT2D eigenvalue weighted by atomic mass is 10.0. The van der Waals surface area contributed by atoms with E-state index in [1.165, 1.54) is 70.3 Å². The van der Waals surface area contributed by atoms with Gasteiger partial charge in [-0.2, -0.15) is 0 Å². The van der Waals surface area contributed by atoms with Gasteiger partial charge in [0, 0.05) is 50.7 Å². The minimum absolute atomic E-state index is 0.303. The van der Waals surface area contributed by atoms with E-state index < -0.39 is 0 Å². The molecule has 298 valence electrons. The van der Waals surface area contributed by atoms with Gasteiger partial charge in [-0.15, -0.1) is 13.2 Å². The van der Waals surface area contributed by atoms with E-state index in [0.717, 1.165) is 76.9 Å². The zero-order valence-electron chi connectivity index (χ0n) is 35.3. The number of nitrogens with one attached hydrogen (secondary N) is 2. The topological polar surface area (TPSA) is 42.9 Å². The third-order valence-electron chi connectivity index (χ3n) is 9.15. The second-order valence-corrected chi connectivity index (χ2v) is 15.1. The molecule has 5 heteroatoms. The molecule has 0 saturated heterocycles. The molecule has 0 radical (unpaired) electrons. The van der Waals surface area contributed by atoms with E-state index in [2.05, 4.69) is 142 Å². The smallest absolute Gasteiger partial charge is 0.0594 e. The molecule has 5 nitrogen and oxygen atoms in total. The lowest BCUT2D eigenvalue weighted by Gasteiger charge is -2.26. The van der Waals surface area contributed by atoms with Crippen LogP contribution in [0.3, 0.4) is 0 Å². The van der Waals surface area contributed by atoms with Crippen LogP contribution >= 0.6 is 0 Å². The standard InChI is InChI=1S/C47H85N5/c1-10-14-16-18-19-20-21-22-25-31-44(7)34-39-52(42-45(8)49-35-28-23-17-15-11-2)37-29-24-26-33-47(40-48-9)50-46(13-4)32-27-30-38-51(36-12-3)41-43(5)6/h11,13-14,16-17,19-20,22-23,25,35,40,43-46,48,50H,2,4,10,12,15,18,21,24,26-34,36-39,41-42H2,1,3,5-9H3/b16-14-,20-19-,23-17-,25-22-,47-40+,49-35?. The lowest BCUT2D eigenvalue weighted by molar-refractivity contribution is 0.238.